The van der Waals surface area contributed by atoms with Crippen LogP contribution < -0.4 is 10.4 Å². The van der Waals surface area contributed by atoms with Crippen LogP contribution in [0.1, 0.15) is 41.6 Å². The molecule has 4 rings (SSSR count). The number of hydrogen-bond acceptors (Lipinski definition) is 5. The number of hydrogen-bond donors (Lipinski definition) is 2. The van der Waals surface area contributed by atoms with E-state index in [9.17, 15) is 14.4 Å². The molecule has 0 fully saturated rings. The van der Waals surface area contributed by atoms with Crippen molar-refractivity contribution in [3.63, 3.8) is 0 Å². The Labute approximate surface area is 183 Å². The second kappa shape index (κ2) is 8.70. The number of carboxylic acid groups (broad SMARTS) is 1. The van der Waals surface area contributed by atoms with E-state index in [1.165, 1.54) is 6.07 Å². The van der Waals surface area contributed by atoms with Crippen molar-refractivity contribution in [3.8, 4) is 5.75 Å². The van der Waals surface area contributed by atoms with Gasteiger partial charge in [-0.25, -0.2) is 4.79 Å². The lowest BCUT2D eigenvalue weighted by molar-refractivity contribution is -0.137. The van der Waals surface area contributed by atoms with Crippen molar-refractivity contribution in [3.05, 3.63) is 75.3 Å². The lowest BCUT2D eigenvalue weighted by atomic mass is 9.98. The standard InChI is InChI=1S/C25H23NO6/c1-14-12-24(30)32-25-16(14)10-11-21(31-23(29)9-5-8-22(27)28)19(25)13-18-15(2)26-20-7-4-3-6-17(18)20/h3-4,6-7,10-12,26H,5,8-9,13H2,1-2H3,(H,27,28). The lowest BCUT2D eigenvalue weighted by Crippen LogP contribution is -2.11. The molecule has 0 aliphatic carbocycles. The van der Waals surface area contributed by atoms with E-state index < -0.39 is 17.6 Å². The molecule has 2 aromatic carbocycles. The Hall–Kier alpha value is -3.87. The number of esters is 1. The van der Waals surface area contributed by atoms with E-state index in [1.807, 2.05) is 38.1 Å². The number of aromatic nitrogens is 1. The van der Waals surface area contributed by atoms with Gasteiger partial charge in [-0.1, -0.05) is 18.2 Å². The highest BCUT2D eigenvalue weighted by molar-refractivity contribution is 5.89. The Bertz CT molecular complexity index is 1400. The fourth-order valence-corrected chi connectivity index (χ4v) is 3.98. The molecule has 0 amide bonds. The van der Waals surface area contributed by atoms with Gasteiger partial charge in [-0.2, -0.15) is 0 Å². The maximum Gasteiger partial charge on any atom is 0.336 e. The number of aryl methyl sites for hydroxylation is 2. The van der Waals surface area contributed by atoms with Gasteiger partial charge in [0.1, 0.15) is 11.3 Å². The summed E-state index contributed by atoms with van der Waals surface area (Å²) >= 11 is 0. The predicted octanol–water partition coefficient (Wildman–Crippen LogP) is 4.64. The van der Waals surface area contributed by atoms with Gasteiger partial charge in [0.2, 0.25) is 0 Å². The Morgan fingerprint density at radius 1 is 1.03 bits per heavy atom. The zero-order valence-corrected chi connectivity index (χ0v) is 17.9. The molecule has 0 atom stereocenters. The molecule has 2 N–H and O–H groups in total. The Morgan fingerprint density at radius 3 is 2.59 bits per heavy atom. The first-order chi connectivity index (χ1) is 15.3. The van der Waals surface area contributed by atoms with Gasteiger partial charge in [-0.05, 0) is 49.6 Å². The van der Waals surface area contributed by atoms with Crippen molar-refractivity contribution in [1.82, 2.24) is 4.98 Å². The van der Waals surface area contributed by atoms with Gasteiger partial charge in [-0.15, -0.1) is 0 Å². The van der Waals surface area contributed by atoms with Crippen molar-refractivity contribution in [2.75, 3.05) is 0 Å². The number of aromatic amines is 1. The van der Waals surface area contributed by atoms with Gasteiger partial charge in [-0.3, -0.25) is 9.59 Å². The first kappa shape index (κ1) is 21.4. The summed E-state index contributed by atoms with van der Waals surface area (Å²) in [6, 6.07) is 12.8. The molecule has 0 bridgehead atoms. The number of para-hydroxylation sites is 1. The molecule has 0 radical (unpaired) electrons. The molecule has 0 aliphatic rings. The third kappa shape index (κ3) is 4.27. The van der Waals surface area contributed by atoms with E-state index in [2.05, 4.69) is 4.98 Å². The molecule has 7 nitrogen and oxygen atoms in total. The zero-order chi connectivity index (χ0) is 22.8. The van der Waals surface area contributed by atoms with Crippen LogP contribution in [0.2, 0.25) is 0 Å². The topological polar surface area (TPSA) is 110 Å². The van der Waals surface area contributed by atoms with Crippen LogP contribution in [0.4, 0.5) is 0 Å². The molecule has 0 unspecified atom stereocenters. The first-order valence-electron chi connectivity index (χ1n) is 10.4. The van der Waals surface area contributed by atoms with E-state index in [1.54, 1.807) is 12.1 Å². The highest BCUT2D eigenvalue weighted by Crippen LogP contribution is 2.34. The van der Waals surface area contributed by atoms with Crippen molar-refractivity contribution in [2.24, 2.45) is 0 Å². The number of nitrogens with one attached hydrogen (secondary N) is 1. The Morgan fingerprint density at radius 2 is 1.81 bits per heavy atom. The Kier molecular flexibility index (Phi) is 5.81. The fraction of sp³-hybridized carbons (Fsp3) is 0.240. The number of benzene rings is 2. The van der Waals surface area contributed by atoms with Crippen LogP contribution in [0, 0.1) is 13.8 Å². The van der Waals surface area contributed by atoms with Crippen LogP contribution in [-0.4, -0.2) is 22.0 Å². The highest BCUT2D eigenvalue weighted by Gasteiger charge is 2.19. The minimum atomic E-state index is -0.962. The molecule has 0 spiro atoms. The molecule has 4 aromatic rings. The molecule has 7 heteroatoms. The summed E-state index contributed by atoms with van der Waals surface area (Å²) in [4.78, 5) is 38.6. The smallest absolute Gasteiger partial charge is 0.336 e. The van der Waals surface area contributed by atoms with E-state index in [0.717, 1.165) is 33.1 Å². The number of rotatable bonds is 7. The quantitative estimate of drug-likeness (QED) is 0.250. The van der Waals surface area contributed by atoms with Gasteiger partial charge in [0.15, 0.2) is 0 Å². The summed E-state index contributed by atoms with van der Waals surface area (Å²) in [7, 11) is 0. The minimum Gasteiger partial charge on any atom is -0.481 e. The summed E-state index contributed by atoms with van der Waals surface area (Å²) in [6.45, 7) is 3.80. The van der Waals surface area contributed by atoms with Gasteiger partial charge >= 0.3 is 17.6 Å². The maximum absolute atomic E-state index is 12.4. The van der Waals surface area contributed by atoms with Crippen LogP contribution in [-0.2, 0) is 16.0 Å². The minimum absolute atomic E-state index is 0.0202. The number of fused-ring (bicyclic) bond motifs is 2. The monoisotopic (exact) mass is 433 g/mol. The molecule has 164 valence electrons. The fourth-order valence-electron chi connectivity index (χ4n) is 3.98. The van der Waals surface area contributed by atoms with E-state index in [0.29, 0.717) is 23.3 Å². The number of H-pyrrole nitrogens is 1. The Balaban J connectivity index is 1.79. The van der Waals surface area contributed by atoms with Gasteiger partial charge in [0.05, 0.1) is 0 Å². The third-order valence-corrected chi connectivity index (χ3v) is 5.56. The predicted molar refractivity (Wildman–Crippen MR) is 120 cm³/mol. The summed E-state index contributed by atoms with van der Waals surface area (Å²) in [5, 5.41) is 10.6. The molecular weight excluding hydrogens is 410 g/mol. The average Bonchev–Trinajstić information content (AvgIpc) is 3.04. The largest absolute Gasteiger partial charge is 0.481 e. The zero-order valence-electron chi connectivity index (χ0n) is 17.9. The SMILES string of the molecule is Cc1[nH]c2ccccc2c1Cc1c(OC(=O)CCCC(=O)O)ccc2c(C)cc(=O)oc12. The average molecular weight is 433 g/mol. The highest BCUT2D eigenvalue weighted by atomic mass is 16.5. The van der Waals surface area contributed by atoms with Crippen LogP contribution in [0.5, 0.6) is 5.75 Å². The van der Waals surface area contributed by atoms with Crippen LogP contribution >= 0.6 is 0 Å². The van der Waals surface area contributed by atoms with Crippen LogP contribution in [0.25, 0.3) is 21.9 Å². The molecule has 0 saturated carbocycles. The van der Waals surface area contributed by atoms with E-state index in [4.69, 9.17) is 14.3 Å². The van der Waals surface area contributed by atoms with Crippen molar-refractivity contribution in [2.45, 2.75) is 39.5 Å². The summed E-state index contributed by atoms with van der Waals surface area (Å²) < 4.78 is 11.2. The normalized spacial score (nSPS) is 11.2. The molecule has 0 saturated heterocycles. The lowest BCUT2D eigenvalue weighted by Gasteiger charge is -2.13. The number of carboxylic acids is 1. The number of ether oxygens (including phenoxy) is 1. The molecule has 32 heavy (non-hydrogen) atoms. The van der Waals surface area contributed by atoms with Crippen LogP contribution in [0.3, 0.4) is 0 Å². The van der Waals surface area contributed by atoms with E-state index >= 15 is 0 Å². The molecule has 2 heterocycles. The second-order valence-electron chi connectivity index (χ2n) is 7.84. The molecule has 0 aliphatic heterocycles. The van der Waals surface area contributed by atoms with E-state index in [-0.39, 0.29) is 19.3 Å². The number of carbonyl (C=O) groups excluding carboxylic acids is 1. The molecule has 2 aromatic heterocycles. The maximum atomic E-state index is 12.4. The summed E-state index contributed by atoms with van der Waals surface area (Å²) in [5.74, 6) is -1.19. The third-order valence-electron chi connectivity index (χ3n) is 5.56. The summed E-state index contributed by atoms with van der Waals surface area (Å²) in [5.41, 5.74) is 4.25. The number of carbonyl (C=O) groups is 2. The van der Waals surface area contributed by atoms with Crippen molar-refractivity contribution in [1.29, 1.82) is 0 Å². The van der Waals surface area contributed by atoms with Gasteiger partial charge < -0.3 is 19.2 Å². The second-order valence-corrected chi connectivity index (χ2v) is 7.84. The van der Waals surface area contributed by atoms with Gasteiger partial charge in [0, 0.05) is 52.9 Å². The summed E-state index contributed by atoms with van der Waals surface area (Å²) in [6.07, 6.45) is 0.445. The van der Waals surface area contributed by atoms with Crippen molar-refractivity contribution >= 4 is 33.8 Å². The van der Waals surface area contributed by atoms with Gasteiger partial charge in [0.25, 0.3) is 0 Å². The molecular formula is C25H23NO6. The van der Waals surface area contributed by atoms with Crippen LogP contribution in [0.15, 0.2) is 51.7 Å². The number of aliphatic carboxylic acids is 1. The van der Waals surface area contributed by atoms with Crippen molar-refractivity contribution < 1.29 is 23.8 Å². The first-order valence-corrected chi connectivity index (χ1v) is 10.4.